The van der Waals surface area contributed by atoms with Crippen molar-refractivity contribution in [1.82, 2.24) is 4.98 Å². The van der Waals surface area contributed by atoms with Crippen LogP contribution in [0.25, 0.3) is 0 Å². The lowest BCUT2D eigenvalue weighted by Gasteiger charge is -2.27. The Labute approximate surface area is 98.6 Å². The first kappa shape index (κ1) is 10.7. The molecule has 3 nitrogen and oxygen atoms in total. The van der Waals surface area contributed by atoms with Gasteiger partial charge in [-0.1, -0.05) is 0 Å². The van der Waals surface area contributed by atoms with Crippen LogP contribution < -0.4 is 11.1 Å². The Balaban J connectivity index is 2.16. The van der Waals surface area contributed by atoms with Crippen molar-refractivity contribution in [2.24, 2.45) is 5.92 Å². The molecular formula is C11H16BrN3. The van der Waals surface area contributed by atoms with Gasteiger partial charge in [-0.05, 0) is 54.6 Å². The van der Waals surface area contributed by atoms with E-state index in [0.717, 1.165) is 16.2 Å². The van der Waals surface area contributed by atoms with Gasteiger partial charge in [0.05, 0.1) is 5.69 Å². The summed E-state index contributed by atoms with van der Waals surface area (Å²) in [7, 11) is 0. The second kappa shape index (κ2) is 3.67. The van der Waals surface area contributed by atoms with Crippen LogP contribution in [0.2, 0.25) is 0 Å². The van der Waals surface area contributed by atoms with Gasteiger partial charge >= 0.3 is 0 Å². The molecule has 0 bridgehead atoms. The number of halogens is 1. The van der Waals surface area contributed by atoms with Gasteiger partial charge in [-0.2, -0.15) is 0 Å². The number of nitrogens with two attached hydrogens (primary N) is 1. The molecule has 0 spiro atoms. The van der Waals surface area contributed by atoms with E-state index in [9.17, 15) is 0 Å². The van der Waals surface area contributed by atoms with Gasteiger partial charge in [0.25, 0.3) is 0 Å². The van der Waals surface area contributed by atoms with Crippen LogP contribution in [0.5, 0.6) is 0 Å². The number of hydrogen-bond acceptors (Lipinski definition) is 3. The van der Waals surface area contributed by atoms with Gasteiger partial charge in [0.15, 0.2) is 0 Å². The van der Waals surface area contributed by atoms with E-state index in [4.69, 9.17) is 5.73 Å². The Morgan fingerprint density at radius 1 is 1.53 bits per heavy atom. The fourth-order valence-corrected chi connectivity index (χ4v) is 2.12. The molecule has 1 aromatic rings. The van der Waals surface area contributed by atoms with E-state index in [1.165, 1.54) is 12.8 Å². The molecule has 0 aromatic carbocycles. The minimum absolute atomic E-state index is 0.0922. The van der Waals surface area contributed by atoms with Crippen LogP contribution in [0, 0.1) is 5.92 Å². The Bertz CT molecular complexity index is 372. The molecule has 1 heterocycles. The molecule has 1 aliphatic rings. The lowest BCUT2D eigenvalue weighted by atomic mass is 9.99. The monoisotopic (exact) mass is 269 g/mol. The lowest BCUT2D eigenvalue weighted by Crippen LogP contribution is -2.34. The molecule has 4 heteroatoms. The highest BCUT2D eigenvalue weighted by Crippen LogP contribution is 2.41. The average Bonchev–Trinajstić information content (AvgIpc) is 2.92. The first-order valence-corrected chi connectivity index (χ1v) is 5.97. The third-order valence-corrected chi connectivity index (χ3v) is 3.36. The molecular weight excluding hydrogens is 254 g/mol. The molecule has 1 fully saturated rings. The van der Waals surface area contributed by atoms with Gasteiger partial charge in [0.1, 0.15) is 5.82 Å². The minimum Gasteiger partial charge on any atom is -0.396 e. The van der Waals surface area contributed by atoms with Crippen molar-refractivity contribution in [3.63, 3.8) is 0 Å². The molecule has 0 radical (unpaired) electrons. The minimum atomic E-state index is 0.0922. The molecule has 82 valence electrons. The Morgan fingerprint density at radius 2 is 2.20 bits per heavy atom. The maximum atomic E-state index is 5.89. The smallest absolute Gasteiger partial charge is 0.149 e. The largest absolute Gasteiger partial charge is 0.396 e. The van der Waals surface area contributed by atoms with Crippen molar-refractivity contribution in [2.45, 2.75) is 32.2 Å². The summed E-state index contributed by atoms with van der Waals surface area (Å²) in [4.78, 5) is 4.29. The fourth-order valence-electron chi connectivity index (χ4n) is 1.77. The van der Waals surface area contributed by atoms with E-state index in [1.54, 1.807) is 6.20 Å². The van der Waals surface area contributed by atoms with E-state index in [2.05, 4.69) is 40.1 Å². The summed E-state index contributed by atoms with van der Waals surface area (Å²) >= 11 is 3.35. The maximum absolute atomic E-state index is 5.89. The summed E-state index contributed by atoms with van der Waals surface area (Å²) in [6.45, 7) is 4.40. The summed E-state index contributed by atoms with van der Waals surface area (Å²) < 4.78 is 0.912. The van der Waals surface area contributed by atoms with Crippen molar-refractivity contribution in [3.05, 3.63) is 16.7 Å². The van der Waals surface area contributed by atoms with Crippen LogP contribution >= 0.6 is 15.9 Å². The summed E-state index contributed by atoms with van der Waals surface area (Å²) in [5.41, 5.74) is 6.68. The van der Waals surface area contributed by atoms with Crippen LogP contribution in [0.3, 0.4) is 0 Å². The third-order valence-electron chi connectivity index (χ3n) is 2.92. The van der Waals surface area contributed by atoms with Crippen LogP contribution in [0.4, 0.5) is 11.5 Å². The van der Waals surface area contributed by atoms with Gasteiger partial charge < -0.3 is 11.1 Å². The number of nitrogens with one attached hydrogen (secondary N) is 1. The molecule has 1 aromatic heterocycles. The van der Waals surface area contributed by atoms with Gasteiger partial charge in [0.2, 0.25) is 0 Å². The fraction of sp³-hybridized carbons (Fsp3) is 0.545. The SMILES string of the molecule is CC(C)(Nc1ncc(Br)cc1N)C1CC1. The Hall–Kier alpha value is -0.770. The summed E-state index contributed by atoms with van der Waals surface area (Å²) in [5.74, 6) is 1.54. The standard InChI is InChI=1S/C11H16BrN3/c1-11(2,7-3-4-7)15-10-9(13)5-8(12)6-14-10/h5-7H,3-4,13H2,1-2H3,(H,14,15). The topological polar surface area (TPSA) is 50.9 Å². The van der Waals surface area contributed by atoms with E-state index in [0.29, 0.717) is 5.69 Å². The van der Waals surface area contributed by atoms with E-state index >= 15 is 0 Å². The summed E-state index contributed by atoms with van der Waals surface area (Å²) in [6.07, 6.45) is 4.37. The zero-order valence-corrected chi connectivity index (χ0v) is 10.6. The highest BCUT2D eigenvalue weighted by Gasteiger charge is 2.38. The van der Waals surface area contributed by atoms with Crippen molar-refractivity contribution < 1.29 is 0 Å². The number of aromatic nitrogens is 1. The first-order valence-electron chi connectivity index (χ1n) is 5.18. The number of nitrogens with zero attached hydrogens (tertiary/aromatic N) is 1. The quantitative estimate of drug-likeness (QED) is 0.887. The number of pyridine rings is 1. The highest BCUT2D eigenvalue weighted by atomic mass is 79.9. The average molecular weight is 270 g/mol. The Morgan fingerprint density at radius 3 is 2.73 bits per heavy atom. The molecule has 0 amide bonds. The molecule has 0 saturated heterocycles. The zero-order chi connectivity index (χ0) is 11.1. The molecule has 15 heavy (non-hydrogen) atoms. The summed E-state index contributed by atoms with van der Waals surface area (Å²) in [6, 6.07) is 1.87. The van der Waals surface area contributed by atoms with E-state index in [-0.39, 0.29) is 5.54 Å². The van der Waals surface area contributed by atoms with Gasteiger partial charge in [0, 0.05) is 16.2 Å². The lowest BCUT2D eigenvalue weighted by molar-refractivity contribution is 0.493. The number of hydrogen-bond donors (Lipinski definition) is 2. The molecule has 3 N–H and O–H groups in total. The van der Waals surface area contributed by atoms with E-state index < -0.39 is 0 Å². The predicted octanol–water partition coefficient (Wildman–Crippen LogP) is 3.03. The molecule has 2 rings (SSSR count). The van der Waals surface area contributed by atoms with Crippen LogP contribution in [-0.4, -0.2) is 10.5 Å². The van der Waals surface area contributed by atoms with Crippen molar-refractivity contribution >= 4 is 27.4 Å². The Kier molecular flexibility index (Phi) is 2.63. The molecule has 0 atom stereocenters. The van der Waals surface area contributed by atoms with Crippen LogP contribution in [0.15, 0.2) is 16.7 Å². The van der Waals surface area contributed by atoms with Crippen molar-refractivity contribution in [1.29, 1.82) is 0 Å². The molecule has 1 aliphatic carbocycles. The second-order valence-corrected chi connectivity index (χ2v) is 5.63. The highest BCUT2D eigenvalue weighted by molar-refractivity contribution is 9.10. The normalized spacial score (nSPS) is 16.5. The second-order valence-electron chi connectivity index (χ2n) is 4.71. The van der Waals surface area contributed by atoms with Crippen molar-refractivity contribution in [3.8, 4) is 0 Å². The number of rotatable bonds is 3. The molecule has 0 aliphatic heterocycles. The van der Waals surface area contributed by atoms with Crippen molar-refractivity contribution in [2.75, 3.05) is 11.1 Å². The first-order chi connectivity index (χ1) is 6.99. The van der Waals surface area contributed by atoms with Crippen LogP contribution in [-0.2, 0) is 0 Å². The molecule has 0 unspecified atom stereocenters. The third kappa shape index (κ3) is 2.43. The van der Waals surface area contributed by atoms with Gasteiger partial charge in [-0.15, -0.1) is 0 Å². The van der Waals surface area contributed by atoms with E-state index in [1.807, 2.05) is 6.07 Å². The number of nitrogen functional groups attached to an aromatic ring is 1. The maximum Gasteiger partial charge on any atom is 0.149 e. The summed E-state index contributed by atoms with van der Waals surface area (Å²) in [5, 5.41) is 3.42. The van der Waals surface area contributed by atoms with Gasteiger partial charge in [-0.25, -0.2) is 4.98 Å². The molecule has 1 saturated carbocycles. The van der Waals surface area contributed by atoms with Gasteiger partial charge in [-0.3, -0.25) is 0 Å². The van der Waals surface area contributed by atoms with Crippen LogP contribution in [0.1, 0.15) is 26.7 Å². The number of anilines is 2. The predicted molar refractivity (Wildman–Crippen MR) is 66.8 cm³/mol. The zero-order valence-electron chi connectivity index (χ0n) is 9.05.